The Kier molecular flexibility index (Phi) is 3.70. The minimum atomic E-state index is -0.436. The Hall–Kier alpha value is -2.21. The highest BCUT2D eigenvalue weighted by molar-refractivity contribution is 9.10. The van der Waals surface area contributed by atoms with E-state index in [4.69, 9.17) is 0 Å². The molecule has 106 valence electrons. The van der Waals surface area contributed by atoms with Crippen LogP contribution in [0.25, 0.3) is 6.08 Å². The van der Waals surface area contributed by atoms with Gasteiger partial charge in [0.15, 0.2) is 24.1 Å². The number of aromatic nitrogens is 2. The van der Waals surface area contributed by atoms with Crippen LogP contribution >= 0.6 is 15.9 Å². The molecule has 1 aromatic heterocycles. The largest absolute Gasteiger partial charge is 0.330 e. The van der Waals surface area contributed by atoms with Crippen LogP contribution in [0, 0.1) is 0 Å². The molecule has 0 fully saturated rings. The van der Waals surface area contributed by atoms with Crippen molar-refractivity contribution in [1.29, 1.82) is 0 Å². The predicted molar refractivity (Wildman–Crippen MR) is 85.9 cm³/mol. The molecule has 1 aliphatic rings. The highest BCUT2D eigenvalue weighted by atomic mass is 79.9. The van der Waals surface area contributed by atoms with Gasteiger partial charge in [0.25, 0.3) is 0 Å². The van der Waals surface area contributed by atoms with Gasteiger partial charge >= 0.3 is 0 Å². The summed E-state index contributed by atoms with van der Waals surface area (Å²) in [4.78, 5) is 23.8. The van der Waals surface area contributed by atoms with Crippen molar-refractivity contribution < 1.29 is 4.79 Å². The van der Waals surface area contributed by atoms with Crippen LogP contribution in [0.3, 0.4) is 0 Å². The fourth-order valence-corrected chi connectivity index (χ4v) is 2.53. The minimum Gasteiger partial charge on any atom is -0.330 e. The van der Waals surface area contributed by atoms with Crippen molar-refractivity contribution in [3.8, 4) is 0 Å². The van der Waals surface area contributed by atoms with E-state index in [2.05, 4.69) is 25.9 Å². The lowest BCUT2D eigenvalue weighted by Gasteiger charge is -2.21. The number of rotatable bonds is 3. The topological polar surface area (TPSA) is 49.3 Å². The molecule has 0 bridgehead atoms. The van der Waals surface area contributed by atoms with Gasteiger partial charge in [-0.05, 0) is 27.6 Å². The molecular formula is C15H13BrN4O. The van der Waals surface area contributed by atoms with Crippen molar-refractivity contribution in [3.05, 3.63) is 52.9 Å². The molecular weight excluding hydrogens is 332 g/mol. The molecule has 21 heavy (non-hydrogen) atoms. The molecule has 0 aliphatic carbocycles. The molecule has 0 N–H and O–H groups in total. The summed E-state index contributed by atoms with van der Waals surface area (Å²) in [6, 6.07) is 9.90. The number of carbonyl (C=O) groups is 1. The van der Waals surface area contributed by atoms with Crippen molar-refractivity contribution in [2.45, 2.75) is 6.17 Å². The number of fused-ring (bicyclic) bond motifs is 1. The molecule has 3 rings (SSSR count). The first-order valence-electron chi connectivity index (χ1n) is 6.43. The quantitative estimate of drug-likeness (QED) is 0.801. The van der Waals surface area contributed by atoms with Gasteiger partial charge in [-0.2, -0.15) is 0 Å². The lowest BCUT2D eigenvalue weighted by Crippen LogP contribution is -2.39. The molecule has 0 saturated heterocycles. The first-order valence-corrected chi connectivity index (χ1v) is 7.22. The SMILES string of the molecule is CN1c2ncc(Br)nc2N(C=Cc2ccccc2)[C@H]1C=O. The van der Waals surface area contributed by atoms with Gasteiger partial charge in [-0.1, -0.05) is 30.3 Å². The number of anilines is 2. The first kappa shape index (κ1) is 13.8. The Bertz CT molecular complexity index is 689. The van der Waals surface area contributed by atoms with E-state index in [9.17, 15) is 4.79 Å². The zero-order valence-corrected chi connectivity index (χ0v) is 12.9. The number of benzene rings is 1. The number of hydrogen-bond donors (Lipinski definition) is 0. The smallest absolute Gasteiger partial charge is 0.179 e. The van der Waals surface area contributed by atoms with Crippen molar-refractivity contribution in [2.75, 3.05) is 16.8 Å². The molecule has 0 amide bonds. The highest BCUT2D eigenvalue weighted by Gasteiger charge is 2.34. The Morgan fingerprint density at radius 2 is 2.00 bits per heavy atom. The van der Waals surface area contributed by atoms with E-state index >= 15 is 0 Å². The van der Waals surface area contributed by atoms with E-state index in [0.717, 1.165) is 11.8 Å². The Labute approximate surface area is 131 Å². The standard InChI is InChI=1S/C15H13BrN4O/c1-19-13(10-21)20(8-7-11-5-3-2-4-6-11)15-14(19)17-9-12(16)18-15/h2-10,13H,1H3/t13-/m0/s1. The third-order valence-corrected chi connectivity index (χ3v) is 3.70. The van der Waals surface area contributed by atoms with Crippen LogP contribution in [0.5, 0.6) is 0 Å². The third kappa shape index (κ3) is 2.54. The maximum Gasteiger partial charge on any atom is 0.179 e. The van der Waals surface area contributed by atoms with E-state index in [1.54, 1.807) is 11.1 Å². The second-order valence-electron chi connectivity index (χ2n) is 4.63. The highest BCUT2D eigenvalue weighted by Crippen LogP contribution is 2.35. The average molecular weight is 345 g/mol. The number of hydrogen-bond acceptors (Lipinski definition) is 5. The molecule has 0 spiro atoms. The summed E-state index contributed by atoms with van der Waals surface area (Å²) in [5.41, 5.74) is 1.06. The van der Waals surface area contributed by atoms with Crippen LogP contribution in [0.2, 0.25) is 0 Å². The molecule has 0 saturated carbocycles. The molecule has 1 aliphatic heterocycles. The van der Waals surface area contributed by atoms with Crippen molar-refractivity contribution >= 4 is 39.9 Å². The van der Waals surface area contributed by atoms with E-state index in [-0.39, 0.29) is 0 Å². The molecule has 1 aromatic carbocycles. The maximum atomic E-state index is 11.4. The summed E-state index contributed by atoms with van der Waals surface area (Å²) in [5.74, 6) is 1.35. The van der Waals surface area contributed by atoms with Gasteiger partial charge in [-0.25, -0.2) is 9.97 Å². The number of carbonyl (C=O) groups excluding carboxylic acids is 1. The van der Waals surface area contributed by atoms with Crippen LogP contribution in [0.4, 0.5) is 11.6 Å². The number of aldehydes is 1. The monoisotopic (exact) mass is 344 g/mol. The summed E-state index contributed by atoms with van der Waals surface area (Å²) in [6.45, 7) is 0. The predicted octanol–water partition coefficient (Wildman–Crippen LogP) is 2.69. The van der Waals surface area contributed by atoms with Crippen LogP contribution in [-0.4, -0.2) is 29.5 Å². The van der Waals surface area contributed by atoms with Crippen LogP contribution in [-0.2, 0) is 4.79 Å². The second-order valence-corrected chi connectivity index (χ2v) is 5.45. The summed E-state index contributed by atoms with van der Waals surface area (Å²) in [7, 11) is 1.83. The summed E-state index contributed by atoms with van der Waals surface area (Å²) >= 11 is 3.32. The molecule has 2 aromatic rings. The van der Waals surface area contributed by atoms with Crippen LogP contribution in [0.1, 0.15) is 5.56 Å². The minimum absolute atomic E-state index is 0.436. The normalized spacial score (nSPS) is 17.3. The maximum absolute atomic E-state index is 11.4. The molecule has 5 nitrogen and oxygen atoms in total. The Morgan fingerprint density at radius 3 is 2.71 bits per heavy atom. The van der Waals surface area contributed by atoms with Gasteiger partial charge in [-0.15, -0.1) is 0 Å². The Balaban J connectivity index is 1.99. The van der Waals surface area contributed by atoms with E-state index in [1.165, 1.54) is 0 Å². The number of likely N-dealkylation sites (N-methyl/N-ethyl adjacent to an activating group) is 1. The fraction of sp³-hybridized carbons (Fsp3) is 0.133. The van der Waals surface area contributed by atoms with Gasteiger partial charge in [0.1, 0.15) is 4.60 Å². The van der Waals surface area contributed by atoms with Crippen LogP contribution < -0.4 is 9.80 Å². The van der Waals surface area contributed by atoms with Crippen molar-refractivity contribution in [3.63, 3.8) is 0 Å². The van der Waals surface area contributed by atoms with Crippen molar-refractivity contribution in [1.82, 2.24) is 9.97 Å². The summed E-state index contributed by atoms with van der Waals surface area (Å²) in [5, 5.41) is 0. The van der Waals surface area contributed by atoms with E-state index in [1.807, 2.05) is 54.6 Å². The molecule has 0 radical (unpaired) electrons. The first-order chi connectivity index (χ1) is 10.2. The lowest BCUT2D eigenvalue weighted by atomic mass is 10.2. The van der Waals surface area contributed by atoms with Gasteiger partial charge in [0, 0.05) is 13.2 Å². The van der Waals surface area contributed by atoms with Gasteiger partial charge < -0.3 is 9.80 Å². The molecule has 1 atom stereocenters. The average Bonchev–Trinajstić information content (AvgIpc) is 2.77. The zero-order valence-electron chi connectivity index (χ0n) is 11.3. The summed E-state index contributed by atoms with van der Waals surface area (Å²) < 4.78 is 0.638. The lowest BCUT2D eigenvalue weighted by molar-refractivity contribution is -0.108. The Morgan fingerprint density at radius 1 is 1.24 bits per heavy atom. The second kappa shape index (κ2) is 5.65. The van der Waals surface area contributed by atoms with E-state index < -0.39 is 6.17 Å². The van der Waals surface area contributed by atoms with Gasteiger partial charge in [0.05, 0.1) is 6.20 Å². The molecule has 6 heteroatoms. The number of halogens is 1. The van der Waals surface area contributed by atoms with Crippen molar-refractivity contribution in [2.24, 2.45) is 0 Å². The third-order valence-electron chi connectivity index (χ3n) is 3.32. The number of nitrogens with zero attached hydrogens (tertiary/aromatic N) is 4. The van der Waals surface area contributed by atoms with Crippen LogP contribution in [0.15, 0.2) is 47.3 Å². The van der Waals surface area contributed by atoms with Gasteiger partial charge in [0.2, 0.25) is 0 Å². The molecule has 2 heterocycles. The fourth-order valence-electron chi connectivity index (χ4n) is 2.26. The summed E-state index contributed by atoms with van der Waals surface area (Å²) in [6.07, 6.45) is 5.88. The molecule has 0 unspecified atom stereocenters. The van der Waals surface area contributed by atoms with Gasteiger partial charge in [-0.3, -0.25) is 4.79 Å². The van der Waals surface area contributed by atoms with E-state index in [0.29, 0.717) is 16.2 Å². The zero-order chi connectivity index (χ0) is 14.8.